The Balaban J connectivity index is 1.57. The number of hydrogen-bond acceptors (Lipinski definition) is 6. The Bertz CT molecular complexity index is 912. The summed E-state index contributed by atoms with van der Waals surface area (Å²) in [7, 11) is 0. The van der Waals surface area contributed by atoms with Crippen molar-refractivity contribution in [1.82, 2.24) is 19.9 Å². The van der Waals surface area contributed by atoms with Gasteiger partial charge in [0.15, 0.2) is 0 Å². The second-order valence-corrected chi connectivity index (χ2v) is 5.31. The molecular formula is C20H14N4O2. The molecule has 4 rings (SSSR count). The lowest BCUT2D eigenvalue weighted by molar-refractivity contribution is 0.443. The average molecular weight is 342 g/mol. The van der Waals surface area contributed by atoms with Crippen molar-refractivity contribution in [1.29, 1.82) is 0 Å². The van der Waals surface area contributed by atoms with Crippen LogP contribution >= 0.6 is 0 Å². The Kier molecular flexibility index (Phi) is 4.47. The van der Waals surface area contributed by atoms with Crippen LogP contribution in [0.15, 0.2) is 85.5 Å². The predicted molar refractivity (Wildman–Crippen MR) is 96.1 cm³/mol. The molecule has 4 heterocycles. The molecule has 0 saturated carbocycles. The van der Waals surface area contributed by atoms with Gasteiger partial charge in [0, 0.05) is 49.1 Å². The third kappa shape index (κ3) is 3.81. The van der Waals surface area contributed by atoms with Crippen LogP contribution in [0.2, 0.25) is 0 Å². The van der Waals surface area contributed by atoms with Gasteiger partial charge in [0.1, 0.15) is 0 Å². The molecule has 0 unspecified atom stereocenters. The topological polar surface area (TPSA) is 70.0 Å². The number of ether oxygens (including phenoxy) is 2. The highest BCUT2D eigenvalue weighted by molar-refractivity contribution is 5.64. The number of rotatable bonds is 5. The molecule has 6 heteroatoms. The second kappa shape index (κ2) is 7.40. The third-order valence-corrected chi connectivity index (χ3v) is 3.50. The predicted octanol–water partition coefficient (Wildman–Crippen LogP) is 4.52. The lowest BCUT2D eigenvalue weighted by atomic mass is 10.1. The fourth-order valence-corrected chi connectivity index (χ4v) is 2.32. The molecule has 0 N–H and O–H groups in total. The minimum Gasteiger partial charge on any atom is -0.421 e. The minimum absolute atomic E-state index is 0.463. The van der Waals surface area contributed by atoms with E-state index in [9.17, 15) is 0 Å². The Hall–Kier alpha value is -3.80. The van der Waals surface area contributed by atoms with Crippen molar-refractivity contribution in [2.24, 2.45) is 0 Å². The van der Waals surface area contributed by atoms with Gasteiger partial charge in [0.2, 0.25) is 23.5 Å². The number of pyridine rings is 4. The van der Waals surface area contributed by atoms with Crippen LogP contribution in [0.5, 0.6) is 23.5 Å². The lowest BCUT2D eigenvalue weighted by Gasteiger charge is -2.08. The van der Waals surface area contributed by atoms with E-state index in [1.165, 1.54) is 0 Å². The van der Waals surface area contributed by atoms with Crippen molar-refractivity contribution in [3.8, 4) is 34.6 Å². The van der Waals surface area contributed by atoms with Crippen LogP contribution in [0.4, 0.5) is 0 Å². The Labute approximate surface area is 150 Å². The molecule has 0 radical (unpaired) electrons. The minimum atomic E-state index is 0.463. The fraction of sp³-hybridized carbons (Fsp3) is 0. The monoisotopic (exact) mass is 342 g/mol. The smallest absolute Gasteiger partial charge is 0.221 e. The first kappa shape index (κ1) is 15.7. The number of nitrogens with zero attached hydrogens (tertiary/aromatic N) is 4. The van der Waals surface area contributed by atoms with Gasteiger partial charge < -0.3 is 9.47 Å². The zero-order valence-electron chi connectivity index (χ0n) is 13.7. The van der Waals surface area contributed by atoms with Crippen molar-refractivity contribution in [3.05, 3.63) is 85.5 Å². The third-order valence-electron chi connectivity index (χ3n) is 3.50. The van der Waals surface area contributed by atoms with E-state index in [0.717, 1.165) is 11.1 Å². The Morgan fingerprint density at radius 1 is 0.462 bits per heavy atom. The first-order chi connectivity index (χ1) is 12.9. The largest absolute Gasteiger partial charge is 0.421 e. The molecule has 0 saturated heterocycles. The molecule has 126 valence electrons. The summed E-state index contributed by atoms with van der Waals surface area (Å²) < 4.78 is 11.4. The van der Waals surface area contributed by atoms with Gasteiger partial charge in [-0.15, -0.1) is 0 Å². The standard InChI is InChI=1S/C20H14N4O2/c1-3-9-21-17(5-1)25-19-13-15(7-11-23-19)16-8-12-24-20(14-16)26-18-6-2-4-10-22-18/h1-14H. The maximum absolute atomic E-state index is 5.69. The van der Waals surface area contributed by atoms with E-state index in [1.807, 2.05) is 48.5 Å². The van der Waals surface area contributed by atoms with E-state index in [-0.39, 0.29) is 0 Å². The quantitative estimate of drug-likeness (QED) is 0.531. The van der Waals surface area contributed by atoms with Crippen LogP contribution in [0, 0.1) is 0 Å². The normalized spacial score (nSPS) is 10.3. The first-order valence-electron chi connectivity index (χ1n) is 7.97. The van der Waals surface area contributed by atoms with E-state index < -0.39 is 0 Å². The number of aromatic nitrogens is 4. The maximum atomic E-state index is 5.69. The molecule has 6 nitrogen and oxygen atoms in total. The summed E-state index contributed by atoms with van der Waals surface area (Å²) >= 11 is 0. The lowest BCUT2D eigenvalue weighted by Crippen LogP contribution is -1.92. The van der Waals surface area contributed by atoms with Gasteiger partial charge in [-0.2, -0.15) is 0 Å². The summed E-state index contributed by atoms with van der Waals surface area (Å²) in [6.07, 6.45) is 6.72. The van der Waals surface area contributed by atoms with Gasteiger partial charge in [-0.05, 0) is 35.4 Å². The van der Waals surface area contributed by atoms with Crippen molar-refractivity contribution in [2.75, 3.05) is 0 Å². The van der Waals surface area contributed by atoms with Gasteiger partial charge in [-0.25, -0.2) is 19.9 Å². The summed E-state index contributed by atoms with van der Waals surface area (Å²) in [4.78, 5) is 16.7. The number of hydrogen-bond donors (Lipinski definition) is 0. The SMILES string of the molecule is c1ccc(Oc2cc(-c3ccnc(Oc4ccccn4)c3)ccn2)nc1. The Morgan fingerprint density at radius 3 is 1.35 bits per heavy atom. The van der Waals surface area contributed by atoms with Crippen LogP contribution in [-0.4, -0.2) is 19.9 Å². The molecular weight excluding hydrogens is 328 g/mol. The molecule has 0 aliphatic heterocycles. The fourth-order valence-electron chi connectivity index (χ4n) is 2.32. The summed E-state index contributed by atoms with van der Waals surface area (Å²) in [5.41, 5.74) is 1.86. The summed E-state index contributed by atoms with van der Waals surface area (Å²) in [5, 5.41) is 0. The highest BCUT2D eigenvalue weighted by atomic mass is 16.5. The Morgan fingerprint density at radius 2 is 0.923 bits per heavy atom. The van der Waals surface area contributed by atoms with Crippen molar-refractivity contribution in [2.45, 2.75) is 0 Å². The van der Waals surface area contributed by atoms with E-state index in [1.54, 1.807) is 36.9 Å². The van der Waals surface area contributed by atoms with Crippen molar-refractivity contribution in [3.63, 3.8) is 0 Å². The molecule has 4 aromatic rings. The molecule has 0 aliphatic rings. The van der Waals surface area contributed by atoms with Gasteiger partial charge >= 0.3 is 0 Å². The van der Waals surface area contributed by atoms with E-state index >= 15 is 0 Å². The first-order valence-corrected chi connectivity index (χ1v) is 7.97. The molecule has 0 spiro atoms. The van der Waals surface area contributed by atoms with Crippen LogP contribution < -0.4 is 9.47 Å². The van der Waals surface area contributed by atoms with Crippen molar-refractivity contribution >= 4 is 0 Å². The van der Waals surface area contributed by atoms with Gasteiger partial charge in [-0.1, -0.05) is 12.1 Å². The summed E-state index contributed by atoms with van der Waals surface area (Å²) in [6.45, 7) is 0. The van der Waals surface area contributed by atoms with E-state index in [0.29, 0.717) is 23.5 Å². The van der Waals surface area contributed by atoms with Crippen LogP contribution in [-0.2, 0) is 0 Å². The summed E-state index contributed by atoms with van der Waals surface area (Å²) in [6, 6.07) is 18.4. The van der Waals surface area contributed by atoms with Crippen LogP contribution in [0.1, 0.15) is 0 Å². The highest BCUT2D eigenvalue weighted by Gasteiger charge is 2.06. The van der Waals surface area contributed by atoms with Gasteiger partial charge in [-0.3, -0.25) is 0 Å². The summed E-state index contributed by atoms with van der Waals surface area (Å²) in [5.74, 6) is 1.91. The molecule has 26 heavy (non-hydrogen) atoms. The molecule has 0 aromatic carbocycles. The molecule has 0 bridgehead atoms. The van der Waals surface area contributed by atoms with Gasteiger partial charge in [0.25, 0.3) is 0 Å². The highest BCUT2D eigenvalue weighted by Crippen LogP contribution is 2.27. The molecule has 0 fully saturated rings. The van der Waals surface area contributed by atoms with E-state index in [2.05, 4.69) is 19.9 Å². The molecule has 0 aliphatic carbocycles. The molecule has 0 atom stereocenters. The van der Waals surface area contributed by atoms with Crippen molar-refractivity contribution < 1.29 is 9.47 Å². The second-order valence-electron chi connectivity index (χ2n) is 5.31. The van der Waals surface area contributed by atoms with Crippen LogP contribution in [0.25, 0.3) is 11.1 Å². The van der Waals surface area contributed by atoms with Crippen LogP contribution in [0.3, 0.4) is 0 Å². The molecule has 0 amide bonds. The average Bonchev–Trinajstić information content (AvgIpc) is 2.70. The zero-order valence-corrected chi connectivity index (χ0v) is 13.7. The van der Waals surface area contributed by atoms with Gasteiger partial charge in [0.05, 0.1) is 0 Å². The maximum Gasteiger partial charge on any atom is 0.221 e. The zero-order chi connectivity index (χ0) is 17.6. The molecule has 4 aromatic heterocycles. The van der Waals surface area contributed by atoms with E-state index in [4.69, 9.17) is 9.47 Å².